The van der Waals surface area contributed by atoms with Crippen molar-refractivity contribution < 1.29 is 14.7 Å². The van der Waals surface area contributed by atoms with Gasteiger partial charge in [0.2, 0.25) is 0 Å². The van der Waals surface area contributed by atoms with Gasteiger partial charge in [0, 0.05) is 48.4 Å². The minimum atomic E-state index is -1.09. The molecule has 2 aromatic rings. The van der Waals surface area contributed by atoms with E-state index in [9.17, 15) is 14.7 Å². The van der Waals surface area contributed by atoms with Gasteiger partial charge in [-0.15, -0.1) is 0 Å². The first kappa shape index (κ1) is 17.3. The molecule has 0 spiro atoms. The number of nitrogens with zero attached hydrogens (tertiary/aromatic N) is 2. The number of carbonyl (C=O) groups excluding carboxylic acids is 1. The Morgan fingerprint density at radius 1 is 1.19 bits per heavy atom. The van der Waals surface area contributed by atoms with Crippen LogP contribution in [0.1, 0.15) is 16.1 Å². The van der Waals surface area contributed by atoms with E-state index in [2.05, 4.69) is 15.3 Å². The van der Waals surface area contributed by atoms with Crippen molar-refractivity contribution in [1.29, 1.82) is 0 Å². The summed E-state index contributed by atoms with van der Waals surface area (Å²) in [6, 6.07) is 8.09. The Labute approximate surface area is 143 Å². The molecule has 0 saturated carbocycles. The van der Waals surface area contributed by atoms with Gasteiger partial charge < -0.3 is 10.4 Å². The maximum Gasteiger partial charge on any atom is 0.326 e. The molecule has 1 heterocycles. The van der Waals surface area contributed by atoms with Crippen molar-refractivity contribution in [3.63, 3.8) is 0 Å². The molecule has 2 rings (SSSR count). The van der Waals surface area contributed by atoms with Crippen molar-refractivity contribution >= 4 is 41.4 Å². The number of benzene rings is 1. The van der Waals surface area contributed by atoms with Gasteiger partial charge in [-0.3, -0.25) is 9.78 Å². The zero-order valence-electron chi connectivity index (χ0n) is 11.6. The number of carboxylic acid groups (broad SMARTS) is 1. The van der Waals surface area contributed by atoms with Gasteiger partial charge in [-0.05, 0) is 5.56 Å². The summed E-state index contributed by atoms with van der Waals surface area (Å²) in [5, 5.41) is 11.6. The monoisotopic (exact) mass is 294 g/mol. The Morgan fingerprint density at radius 2 is 1.90 bits per heavy atom. The van der Waals surface area contributed by atoms with Gasteiger partial charge in [0.25, 0.3) is 5.91 Å². The number of nitrogens with one attached hydrogen (secondary N) is 1. The molecule has 1 aromatic heterocycles. The van der Waals surface area contributed by atoms with E-state index < -0.39 is 17.9 Å². The maximum atomic E-state index is 11.9. The van der Waals surface area contributed by atoms with E-state index in [1.807, 2.05) is 30.3 Å². The zero-order chi connectivity index (χ0) is 14.4. The van der Waals surface area contributed by atoms with Crippen LogP contribution in [0.2, 0.25) is 0 Å². The Hall–Kier alpha value is -1.76. The smallest absolute Gasteiger partial charge is 0.326 e. The predicted octanol–water partition coefficient (Wildman–Crippen LogP) is 0.521. The molecular weight excluding hydrogens is 281 g/mol. The third-order valence-corrected chi connectivity index (χ3v) is 2.68. The average molecular weight is 294 g/mol. The van der Waals surface area contributed by atoms with Crippen LogP contribution in [0.25, 0.3) is 0 Å². The summed E-state index contributed by atoms with van der Waals surface area (Å²) in [7, 11) is 0. The van der Waals surface area contributed by atoms with E-state index in [1.165, 1.54) is 18.6 Å². The van der Waals surface area contributed by atoms with Crippen LogP contribution in [0.15, 0.2) is 48.9 Å². The fourth-order valence-electron chi connectivity index (χ4n) is 1.70. The molecule has 0 aliphatic heterocycles. The summed E-state index contributed by atoms with van der Waals surface area (Å²) in [4.78, 5) is 30.7. The van der Waals surface area contributed by atoms with Crippen LogP contribution in [0.4, 0.5) is 0 Å². The van der Waals surface area contributed by atoms with Gasteiger partial charge in [-0.25, -0.2) is 9.78 Å². The number of hydrogen-bond donors (Lipinski definition) is 2. The molecule has 21 heavy (non-hydrogen) atoms. The van der Waals surface area contributed by atoms with E-state index in [0.717, 1.165) is 5.56 Å². The summed E-state index contributed by atoms with van der Waals surface area (Å²) in [6.07, 6.45) is 4.32. The van der Waals surface area contributed by atoms with Crippen molar-refractivity contribution in [2.45, 2.75) is 12.5 Å². The third-order valence-electron chi connectivity index (χ3n) is 2.68. The van der Waals surface area contributed by atoms with Crippen LogP contribution in [0.5, 0.6) is 0 Å². The number of hydrogen-bond acceptors (Lipinski definition) is 4. The van der Waals surface area contributed by atoms with E-state index >= 15 is 0 Å². The Balaban J connectivity index is 0.00000220. The fraction of sp³-hybridized carbons (Fsp3) is 0.143. The summed E-state index contributed by atoms with van der Waals surface area (Å²) in [5.41, 5.74) is 0.922. The van der Waals surface area contributed by atoms with Crippen molar-refractivity contribution in [3.8, 4) is 0 Å². The van der Waals surface area contributed by atoms with Crippen LogP contribution in [-0.2, 0) is 11.2 Å². The summed E-state index contributed by atoms with van der Waals surface area (Å²) in [5.74, 6) is -1.65. The average Bonchev–Trinajstić information content (AvgIpc) is 2.48. The van der Waals surface area contributed by atoms with Crippen LogP contribution in [0.3, 0.4) is 0 Å². The Morgan fingerprint density at radius 3 is 2.48 bits per heavy atom. The van der Waals surface area contributed by atoms with Gasteiger partial charge in [-0.2, -0.15) is 0 Å². The van der Waals surface area contributed by atoms with Crippen molar-refractivity contribution in [2.24, 2.45) is 0 Å². The molecule has 1 amide bonds. The topological polar surface area (TPSA) is 92.2 Å². The summed E-state index contributed by atoms with van der Waals surface area (Å²) in [6.45, 7) is 0. The van der Waals surface area contributed by atoms with Crippen molar-refractivity contribution in [1.82, 2.24) is 15.3 Å². The number of aliphatic carboxylic acids is 1. The third kappa shape index (κ3) is 5.26. The number of amides is 1. The van der Waals surface area contributed by atoms with Crippen molar-refractivity contribution in [2.75, 3.05) is 0 Å². The first-order valence-electron chi connectivity index (χ1n) is 6.00. The van der Waals surface area contributed by atoms with E-state index in [-0.39, 0.29) is 41.7 Å². The number of carboxylic acids is 1. The number of carbonyl (C=O) groups is 2. The molecule has 1 aromatic carbocycles. The molecule has 0 unspecified atom stereocenters. The Kier molecular flexibility index (Phi) is 7.01. The largest absolute Gasteiger partial charge is 0.480 e. The minimum Gasteiger partial charge on any atom is -0.480 e. The molecule has 0 bridgehead atoms. The molecule has 2 N–H and O–H groups in total. The molecule has 1 radical (unpaired) electrons. The van der Waals surface area contributed by atoms with Gasteiger partial charge in [0.1, 0.15) is 11.7 Å². The van der Waals surface area contributed by atoms with Gasteiger partial charge in [0.15, 0.2) is 0 Å². The molecule has 0 saturated heterocycles. The van der Waals surface area contributed by atoms with Gasteiger partial charge in [0.05, 0.1) is 6.20 Å². The summed E-state index contributed by atoms with van der Waals surface area (Å²) >= 11 is 0. The molecular formula is C14H13N3NaO3. The molecule has 7 heteroatoms. The molecule has 0 fully saturated rings. The predicted molar refractivity (Wildman–Crippen MR) is 76.8 cm³/mol. The molecule has 6 nitrogen and oxygen atoms in total. The summed E-state index contributed by atoms with van der Waals surface area (Å²) < 4.78 is 0. The van der Waals surface area contributed by atoms with Gasteiger partial charge >= 0.3 is 5.97 Å². The second-order valence-electron chi connectivity index (χ2n) is 4.14. The maximum absolute atomic E-state index is 11.9. The normalized spacial score (nSPS) is 11.0. The standard InChI is InChI=1S/C14H13N3O3.Na/c18-13(12-9-15-6-7-16-12)17-11(14(19)20)8-10-4-2-1-3-5-10;/h1-7,9,11H,8H2,(H,17,18)(H,19,20);/t11-;/m0./s1. The van der Waals surface area contributed by atoms with Crippen LogP contribution < -0.4 is 5.32 Å². The first-order valence-corrected chi connectivity index (χ1v) is 6.00. The molecule has 1 atom stereocenters. The molecule has 0 aliphatic rings. The molecule has 103 valence electrons. The number of rotatable bonds is 5. The zero-order valence-corrected chi connectivity index (χ0v) is 13.6. The SMILES string of the molecule is O=C(N[C@@H](Cc1ccccc1)C(=O)O)c1cnccn1.[Na]. The van der Waals surface area contributed by atoms with Gasteiger partial charge in [-0.1, -0.05) is 30.3 Å². The fourth-order valence-corrected chi connectivity index (χ4v) is 1.70. The quantitative estimate of drug-likeness (QED) is 0.784. The molecule has 0 aliphatic carbocycles. The second kappa shape index (κ2) is 8.51. The van der Waals surface area contributed by atoms with Crippen LogP contribution in [-0.4, -0.2) is 62.6 Å². The second-order valence-corrected chi connectivity index (χ2v) is 4.14. The first-order chi connectivity index (χ1) is 9.66. The van der Waals surface area contributed by atoms with Crippen LogP contribution >= 0.6 is 0 Å². The van der Waals surface area contributed by atoms with E-state index in [0.29, 0.717) is 0 Å². The van der Waals surface area contributed by atoms with Crippen LogP contribution in [0, 0.1) is 0 Å². The minimum absolute atomic E-state index is 0. The van der Waals surface area contributed by atoms with E-state index in [1.54, 1.807) is 0 Å². The Bertz CT molecular complexity index is 593. The number of aromatic nitrogens is 2. The van der Waals surface area contributed by atoms with Crippen molar-refractivity contribution in [3.05, 3.63) is 60.2 Å². The van der Waals surface area contributed by atoms with E-state index in [4.69, 9.17) is 0 Å².